The smallest absolute Gasteiger partial charge is 0.187 e. The van der Waals surface area contributed by atoms with Gasteiger partial charge in [-0.25, -0.2) is 0 Å². The van der Waals surface area contributed by atoms with Crippen LogP contribution in [0.25, 0.3) is 6.08 Å². The Balaban J connectivity index is 2.18. The Hall–Kier alpha value is -2.42. The van der Waals surface area contributed by atoms with E-state index in [2.05, 4.69) is 4.98 Å². The Kier molecular flexibility index (Phi) is 3.31. The molecule has 2 rings (SSSR count). The van der Waals surface area contributed by atoms with Gasteiger partial charge in [-0.1, -0.05) is 18.2 Å². The highest BCUT2D eigenvalue weighted by Gasteiger charge is 2.04. The summed E-state index contributed by atoms with van der Waals surface area (Å²) < 4.78 is 0. The van der Waals surface area contributed by atoms with Gasteiger partial charge in [-0.15, -0.1) is 0 Å². The van der Waals surface area contributed by atoms with Crippen LogP contribution in [-0.2, 0) is 0 Å². The van der Waals surface area contributed by atoms with Crippen molar-refractivity contribution in [3.8, 4) is 0 Å². The van der Waals surface area contributed by atoms with Crippen molar-refractivity contribution in [2.75, 3.05) is 5.73 Å². The summed E-state index contributed by atoms with van der Waals surface area (Å²) in [5.41, 5.74) is 7.47. The van der Waals surface area contributed by atoms with Crippen LogP contribution in [0.1, 0.15) is 16.1 Å². The molecule has 0 aliphatic heterocycles. The fraction of sp³-hybridized carbons (Fsp3) is 0. The van der Waals surface area contributed by atoms with Crippen LogP contribution in [-0.4, -0.2) is 10.8 Å². The average molecular weight is 224 g/mol. The van der Waals surface area contributed by atoms with Gasteiger partial charge >= 0.3 is 0 Å². The molecule has 17 heavy (non-hydrogen) atoms. The molecule has 3 heteroatoms. The summed E-state index contributed by atoms with van der Waals surface area (Å²) >= 11 is 0. The molecule has 3 nitrogen and oxygen atoms in total. The third-order valence-electron chi connectivity index (χ3n) is 2.32. The number of pyridine rings is 1. The van der Waals surface area contributed by atoms with Gasteiger partial charge in [0.2, 0.25) is 0 Å². The lowest BCUT2D eigenvalue weighted by Gasteiger charge is -1.99. The van der Waals surface area contributed by atoms with Gasteiger partial charge in [-0.2, -0.15) is 0 Å². The van der Waals surface area contributed by atoms with E-state index in [4.69, 9.17) is 5.73 Å². The van der Waals surface area contributed by atoms with Crippen molar-refractivity contribution in [1.82, 2.24) is 4.98 Å². The Morgan fingerprint density at radius 2 is 1.88 bits per heavy atom. The van der Waals surface area contributed by atoms with Gasteiger partial charge < -0.3 is 5.73 Å². The van der Waals surface area contributed by atoms with Gasteiger partial charge in [0, 0.05) is 17.4 Å². The van der Waals surface area contributed by atoms with Crippen molar-refractivity contribution in [1.29, 1.82) is 0 Å². The first-order valence-corrected chi connectivity index (χ1v) is 5.25. The molecule has 1 heterocycles. The van der Waals surface area contributed by atoms with Gasteiger partial charge in [-0.3, -0.25) is 9.78 Å². The predicted molar refractivity (Wildman–Crippen MR) is 68.5 cm³/mol. The van der Waals surface area contributed by atoms with Gasteiger partial charge in [0.15, 0.2) is 5.78 Å². The van der Waals surface area contributed by atoms with Crippen LogP contribution in [0.3, 0.4) is 0 Å². The molecule has 0 saturated heterocycles. The number of aromatic nitrogens is 1. The van der Waals surface area contributed by atoms with E-state index in [1.54, 1.807) is 36.5 Å². The lowest BCUT2D eigenvalue weighted by atomic mass is 10.1. The molecular formula is C14H12N2O. The first-order chi connectivity index (χ1) is 8.27. The maximum atomic E-state index is 11.8. The Morgan fingerprint density at radius 1 is 1.12 bits per heavy atom. The molecule has 1 aromatic heterocycles. The highest BCUT2D eigenvalue weighted by molar-refractivity contribution is 6.09. The molecule has 0 aliphatic rings. The zero-order valence-electron chi connectivity index (χ0n) is 9.21. The van der Waals surface area contributed by atoms with Crippen LogP contribution in [0.15, 0.2) is 54.7 Å². The summed E-state index contributed by atoms with van der Waals surface area (Å²) in [7, 11) is 0. The largest absolute Gasteiger partial charge is 0.398 e. The first kappa shape index (κ1) is 11.1. The number of ketones is 1. The number of allylic oxidation sites excluding steroid dienone is 1. The molecule has 0 fully saturated rings. The number of benzene rings is 1. The molecule has 0 saturated carbocycles. The molecular weight excluding hydrogens is 212 g/mol. The van der Waals surface area contributed by atoms with Gasteiger partial charge in [0.1, 0.15) is 0 Å². The summed E-state index contributed by atoms with van der Waals surface area (Å²) in [4.78, 5) is 15.9. The average Bonchev–Trinajstić information content (AvgIpc) is 2.38. The molecule has 0 atom stereocenters. The molecule has 2 N–H and O–H groups in total. The number of carbonyl (C=O) groups is 1. The number of hydrogen-bond donors (Lipinski definition) is 1. The van der Waals surface area contributed by atoms with E-state index >= 15 is 0 Å². The summed E-state index contributed by atoms with van der Waals surface area (Å²) in [5.74, 6) is -0.117. The fourth-order valence-electron chi connectivity index (χ4n) is 1.45. The van der Waals surface area contributed by atoms with Crippen molar-refractivity contribution < 1.29 is 4.79 Å². The minimum Gasteiger partial charge on any atom is -0.398 e. The minimum atomic E-state index is -0.117. The van der Waals surface area contributed by atoms with E-state index in [0.29, 0.717) is 11.3 Å². The molecule has 0 aliphatic carbocycles. The number of para-hydroxylation sites is 1. The zero-order valence-corrected chi connectivity index (χ0v) is 9.21. The second kappa shape index (κ2) is 5.07. The summed E-state index contributed by atoms with van der Waals surface area (Å²) in [5, 5.41) is 0. The van der Waals surface area contributed by atoms with Crippen LogP contribution in [0, 0.1) is 0 Å². The molecule has 0 amide bonds. The van der Waals surface area contributed by atoms with Crippen molar-refractivity contribution in [2.24, 2.45) is 0 Å². The highest BCUT2D eigenvalue weighted by atomic mass is 16.1. The standard InChI is InChI=1S/C14H12N2O/c15-13-7-2-1-6-12(13)14(17)9-8-11-5-3-4-10-16-11/h1-10H,15H2/b9-8+. The van der Waals surface area contributed by atoms with Crippen LogP contribution in [0.2, 0.25) is 0 Å². The van der Waals surface area contributed by atoms with Crippen molar-refractivity contribution in [3.05, 3.63) is 66.0 Å². The normalized spacial score (nSPS) is 10.6. The topological polar surface area (TPSA) is 56.0 Å². The van der Waals surface area contributed by atoms with Crippen LogP contribution in [0.4, 0.5) is 5.69 Å². The Bertz CT molecular complexity index is 547. The van der Waals surface area contributed by atoms with Crippen LogP contribution >= 0.6 is 0 Å². The number of nitrogen functional groups attached to an aromatic ring is 1. The molecule has 0 bridgehead atoms. The Labute approximate surface area is 99.6 Å². The van der Waals surface area contributed by atoms with Gasteiger partial charge in [0.25, 0.3) is 0 Å². The SMILES string of the molecule is Nc1ccccc1C(=O)/C=C/c1ccccn1. The summed E-state index contributed by atoms with van der Waals surface area (Å²) in [6.07, 6.45) is 4.84. The third kappa shape index (κ3) is 2.78. The molecule has 84 valence electrons. The Morgan fingerprint density at radius 3 is 2.59 bits per heavy atom. The van der Waals surface area contributed by atoms with E-state index in [-0.39, 0.29) is 5.78 Å². The molecule has 1 aromatic carbocycles. The van der Waals surface area contributed by atoms with Crippen LogP contribution < -0.4 is 5.73 Å². The number of carbonyl (C=O) groups excluding carboxylic acids is 1. The van der Waals surface area contributed by atoms with Gasteiger partial charge in [-0.05, 0) is 36.4 Å². The molecule has 0 unspecified atom stereocenters. The third-order valence-corrected chi connectivity index (χ3v) is 2.32. The first-order valence-electron chi connectivity index (χ1n) is 5.25. The van der Waals surface area contributed by atoms with Gasteiger partial charge in [0.05, 0.1) is 5.69 Å². The maximum Gasteiger partial charge on any atom is 0.187 e. The summed E-state index contributed by atoms with van der Waals surface area (Å²) in [6.45, 7) is 0. The number of nitrogens with zero attached hydrogens (tertiary/aromatic N) is 1. The second-order valence-electron chi connectivity index (χ2n) is 3.54. The molecule has 0 spiro atoms. The van der Waals surface area contributed by atoms with E-state index in [9.17, 15) is 4.79 Å². The number of hydrogen-bond acceptors (Lipinski definition) is 3. The monoisotopic (exact) mass is 224 g/mol. The zero-order chi connectivity index (χ0) is 12.1. The lowest BCUT2D eigenvalue weighted by molar-refractivity contribution is 0.104. The lowest BCUT2D eigenvalue weighted by Crippen LogP contribution is -2.00. The maximum absolute atomic E-state index is 11.8. The number of anilines is 1. The quantitative estimate of drug-likeness (QED) is 0.495. The van der Waals surface area contributed by atoms with E-state index < -0.39 is 0 Å². The fourth-order valence-corrected chi connectivity index (χ4v) is 1.45. The number of nitrogens with two attached hydrogens (primary N) is 1. The second-order valence-corrected chi connectivity index (χ2v) is 3.54. The van der Waals surface area contributed by atoms with E-state index in [1.807, 2.05) is 18.2 Å². The molecule has 2 aromatic rings. The number of rotatable bonds is 3. The van der Waals surface area contributed by atoms with E-state index in [1.165, 1.54) is 6.08 Å². The minimum absolute atomic E-state index is 0.117. The van der Waals surface area contributed by atoms with Crippen molar-refractivity contribution in [3.63, 3.8) is 0 Å². The van der Waals surface area contributed by atoms with E-state index in [0.717, 1.165) is 5.69 Å². The van der Waals surface area contributed by atoms with Crippen molar-refractivity contribution in [2.45, 2.75) is 0 Å². The predicted octanol–water partition coefficient (Wildman–Crippen LogP) is 2.56. The summed E-state index contributed by atoms with van der Waals surface area (Å²) in [6, 6.07) is 12.5. The van der Waals surface area contributed by atoms with Crippen LogP contribution in [0.5, 0.6) is 0 Å². The highest BCUT2D eigenvalue weighted by Crippen LogP contribution is 2.12. The van der Waals surface area contributed by atoms with Crippen molar-refractivity contribution >= 4 is 17.5 Å². The molecule has 0 radical (unpaired) electrons.